The summed E-state index contributed by atoms with van der Waals surface area (Å²) in [5.74, 6) is 1.63. The van der Waals surface area contributed by atoms with Crippen molar-refractivity contribution >= 4 is 11.9 Å². The molecule has 0 amide bonds. The van der Waals surface area contributed by atoms with Crippen molar-refractivity contribution in [3.05, 3.63) is 0 Å². The Balaban J connectivity index is 3.25. The first-order valence-corrected chi connectivity index (χ1v) is 20.7. The van der Waals surface area contributed by atoms with Gasteiger partial charge in [0.25, 0.3) is 0 Å². The Labute approximate surface area is 288 Å². The van der Waals surface area contributed by atoms with E-state index in [-0.39, 0.29) is 11.9 Å². The highest BCUT2D eigenvalue weighted by Gasteiger charge is 2.05. The third-order valence-electron chi connectivity index (χ3n) is 9.39. The van der Waals surface area contributed by atoms with E-state index in [0.29, 0.717) is 26.1 Å². The highest BCUT2D eigenvalue weighted by Crippen LogP contribution is 2.16. The summed E-state index contributed by atoms with van der Waals surface area (Å²) in [6.07, 6.45) is 39.3. The van der Waals surface area contributed by atoms with Crippen molar-refractivity contribution in [1.29, 1.82) is 0 Å². The van der Waals surface area contributed by atoms with E-state index in [4.69, 9.17) is 9.47 Å². The molecule has 0 bridgehead atoms. The second-order valence-corrected chi connectivity index (χ2v) is 15.2. The first kappa shape index (κ1) is 44.9. The molecule has 0 aromatic heterocycles. The maximum absolute atomic E-state index is 12.0. The van der Waals surface area contributed by atoms with Gasteiger partial charge in [0.1, 0.15) is 0 Å². The number of hydrogen-bond acceptors (Lipinski definition) is 4. The summed E-state index contributed by atoms with van der Waals surface area (Å²) in [7, 11) is 0. The molecule has 0 fully saturated rings. The largest absolute Gasteiger partial charge is 0.466 e. The van der Waals surface area contributed by atoms with Crippen LogP contribution in [0, 0.1) is 11.8 Å². The number of unbranched alkanes of at least 4 members (excludes halogenated alkanes) is 25. The van der Waals surface area contributed by atoms with Gasteiger partial charge < -0.3 is 9.47 Å². The Hall–Kier alpha value is -1.06. The summed E-state index contributed by atoms with van der Waals surface area (Å²) in [4.78, 5) is 23.9. The van der Waals surface area contributed by atoms with Crippen LogP contribution in [0.1, 0.15) is 233 Å². The Bertz CT molecular complexity index is 575. The molecular formula is C42H82O4. The summed E-state index contributed by atoms with van der Waals surface area (Å²) in [6, 6.07) is 0. The van der Waals surface area contributed by atoms with Crippen molar-refractivity contribution in [2.45, 2.75) is 233 Å². The predicted molar refractivity (Wildman–Crippen MR) is 199 cm³/mol. The number of rotatable bonds is 37. The molecule has 0 aromatic rings. The van der Waals surface area contributed by atoms with Crippen LogP contribution in [-0.4, -0.2) is 25.2 Å². The minimum atomic E-state index is -0.0411. The van der Waals surface area contributed by atoms with Gasteiger partial charge in [-0.05, 0) is 50.4 Å². The standard InChI is InChI=1S/C42H82O4/c1-39(2)33-27-21-17-13-9-5-7-11-15-19-23-29-35-41(43)45-37-31-25-26-32-38-46-42(44)36-30-24-20-16-12-8-6-10-14-18-22-28-34-40(3)4/h39-40H,5-38H2,1-4H3. The van der Waals surface area contributed by atoms with Crippen LogP contribution in [0.2, 0.25) is 0 Å². The van der Waals surface area contributed by atoms with Crippen molar-refractivity contribution < 1.29 is 19.1 Å². The molecular weight excluding hydrogens is 568 g/mol. The van der Waals surface area contributed by atoms with E-state index in [0.717, 1.165) is 63.2 Å². The van der Waals surface area contributed by atoms with Crippen LogP contribution in [0.4, 0.5) is 0 Å². The molecule has 4 nitrogen and oxygen atoms in total. The molecule has 0 aromatic carbocycles. The van der Waals surface area contributed by atoms with E-state index in [1.54, 1.807) is 0 Å². The van der Waals surface area contributed by atoms with Crippen LogP contribution in [0.5, 0.6) is 0 Å². The molecule has 0 radical (unpaired) electrons. The molecule has 4 heteroatoms. The van der Waals surface area contributed by atoms with Crippen LogP contribution >= 0.6 is 0 Å². The van der Waals surface area contributed by atoms with Gasteiger partial charge in [0.15, 0.2) is 0 Å². The Morgan fingerprint density at radius 1 is 0.326 bits per heavy atom. The van der Waals surface area contributed by atoms with Crippen LogP contribution in [-0.2, 0) is 19.1 Å². The Morgan fingerprint density at radius 3 is 0.804 bits per heavy atom. The number of carbonyl (C=O) groups is 2. The van der Waals surface area contributed by atoms with Gasteiger partial charge in [-0.25, -0.2) is 0 Å². The third kappa shape index (κ3) is 39.1. The van der Waals surface area contributed by atoms with E-state index in [9.17, 15) is 9.59 Å². The summed E-state index contributed by atoms with van der Waals surface area (Å²) in [6.45, 7) is 10.3. The molecule has 0 saturated heterocycles. The lowest BCUT2D eigenvalue weighted by molar-refractivity contribution is -0.145. The lowest BCUT2D eigenvalue weighted by Crippen LogP contribution is -2.07. The van der Waals surface area contributed by atoms with Gasteiger partial charge >= 0.3 is 11.9 Å². The second-order valence-electron chi connectivity index (χ2n) is 15.2. The first-order valence-electron chi connectivity index (χ1n) is 20.7. The average molecular weight is 651 g/mol. The quantitative estimate of drug-likeness (QED) is 0.0496. The second kappa shape index (κ2) is 36.8. The number of esters is 2. The van der Waals surface area contributed by atoms with E-state index in [2.05, 4.69) is 27.7 Å². The number of ether oxygens (including phenoxy) is 2. The van der Waals surface area contributed by atoms with Crippen LogP contribution in [0.15, 0.2) is 0 Å². The lowest BCUT2D eigenvalue weighted by Gasteiger charge is -2.07. The number of hydrogen-bond donors (Lipinski definition) is 0. The normalized spacial score (nSPS) is 11.5. The van der Waals surface area contributed by atoms with Crippen molar-refractivity contribution in [1.82, 2.24) is 0 Å². The lowest BCUT2D eigenvalue weighted by atomic mass is 10.0. The maximum Gasteiger partial charge on any atom is 0.305 e. The van der Waals surface area contributed by atoms with Gasteiger partial charge in [-0.3, -0.25) is 9.59 Å². The Morgan fingerprint density at radius 2 is 0.543 bits per heavy atom. The van der Waals surface area contributed by atoms with E-state index >= 15 is 0 Å². The molecule has 0 aliphatic heterocycles. The van der Waals surface area contributed by atoms with Crippen LogP contribution < -0.4 is 0 Å². The van der Waals surface area contributed by atoms with Crippen molar-refractivity contribution in [3.8, 4) is 0 Å². The van der Waals surface area contributed by atoms with Crippen molar-refractivity contribution in [2.24, 2.45) is 11.8 Å². The van der Waals surface area contributed by atoms with E-state index < -0.39 is 0 Å². The minimum absolute atomic E-state index is 0.0411. The van der Waals surface area contributed by atoms with Crippen molar-refractivity contribution in [2.75, 3.05) is 13.2 Å². The molecule has 0 saturated carbocycles. The van der Waals surface area contributed by atoms with Crippen LogP contribution in [0.3, 0.4) is 0 Å². The highest BCUT2D eigenvalue weighted by atomic mass is 16.5. The fraction of sp³-hybridized carbons (Fsp3) is 0.952. The predicted octanol–water partition coefficient (Wildman–Crippen LogP) is 13.9. The molecule has 0 aliphatic rings. The van der Waals surface area contributed by atoms with Crippen LogP contribution in [0.25, 0.3) is 0 Å². The zero-order valence-corrected chi connectivity index (χ0v) is 31.8. The average Bonchev–Trinajstić information content (AvgIpc) is 3.02. The molecule has 46 heavy (non-hydrogen) atoms. The molecule has 0 rings (SSSR count). The molecule has 0 N–H and O–H groups in total. The summed E-state index contributed by atoms with van der Waals surface area (Å²) in [5, 5.41) is 0. The van der Waals surface area contributed by atoms with Gasteiger partial charge in [0.05, 0.1) is 13.2 Å². The third-order valence-corrected chi connectivity index (χ3v) is 9.39. The highest BCUT2D eigenvalue weighted by molar-refractivity contribution is 5.69. The summed E-state index contributed by atoms with van der Waals surface area (Å²) < 4.78 is 10.8. The topological polar surface area (TPSA) is 52.6 Å². The fourth-order valence-corrected chi connectivity index (χ4v) is 6.25. The summed E-state index contributed by atoms with van der Waals surface area (Å²) in [5.41, 5.74) is 0. The SMILES string of the molecule is CC(C)CCCCCCCCCCCCCCC(=O)OCCCCCCOC(=O)CCCCCCCCCCCCCCC(C)C. The molecule has 274 valence electrons. The molecule has 0 unspecified atom stereocenters. The van der Waals surface area contributed by atoms with Crippen molar-refractivity contribution in [3.63, 3.8) is 0 Å². The van der Waals surface area contributed by atoms with Gasteiger partial charge in [0, 0.05) is 12.8 Å². The molecule has 0 atom stereocenters. The Kier molecular flexibility index (Phi) is 35.9. The van der Waals surface area contributed by atoms with Gasteiger partial charge in [-0.2, -0.15) is 0 Å². The monoisotopic (exact) mass is 651 g/mol. The molecule has 0 heterocycles. The van der Waals surface area contributed by atoms with Gasteiger partial charge in [-0.15, -0.1) is 0 Å². The minimum Gasteiger partial charge on any atom is -0.466 e. The van der Waals surface area contributed by atoms with E-state index in [1.165, 1.54) is 141 Å². The zero-order valence-electron chi connectivity index (χ0n) is 31.8. The first-order chi connectivity index (χ1) is 22.4. The molecule has 0 aliphatic carbocycles. The number of carbonyl (C=O) groups excluding carboxylic acids is 2. The summed E-state index contributed by atoms with van der Waals surface area (Å²) >= 11 is 0. The fourth-order valence-electron chi connectivity index (χ4n) is 6.25. The maximum atomic E-state index is 12.0. The molecule has 0 spiro atoms. The smallest absolute Gasteiger partial charge is 0.305 e. The van der Waals surface area contributed by atoms with Gasteiger partial charge in [-0.1, -0.05) is 182 Å². The van der Waals surface area contributed by atoms with E-state index in [1.807, 2.05) is 0 Å². The van der Waals surface area contributed by atoms with Gasteiger partial charge in [0.2, 0.25) is 0 Å². The zero-order chi connectivity index (χ0) is 33.8.